The smallest absolute Gasteiger partial charge is 0.308 e. The quantitative estimate of drug-likeness (QED) is 0.624. The molecule has 6 heteroatoms. The average molecular weight is 202 g/mol. The van der Waals surface area contributed by atoms with Gasteiger partial charge in [-0.15, -0.1) is 0 Å². The Bertz CT molecular complexity index is 215. The van der Waals surface area contributed by atoms with Crippen LogP contribution in [0, 0.1) is 11.8 Å². The number of carbonyl (C=O) groups is 2. The van der Waals surface area contributed by atoms with E-state index < -0.39 is 23.8 Å². The number of azo groups is 1. The zero-order chi connectivity index (χ0) is 11.1. The van der Waals surface area contributed by atoms with Crippen molar-refractivity contribution < 1.29 is 19.8 Å². The van der Waals surface area contributed by atoms with E-state index in [1.807, 2.05) is 0 Å². The van der Waals surface area contributed by atoms with Crippen molar-refractivity contribution in [2.45, 2.75) is 13.8 Å². The molecule has 0 aromatic carbocycles. The van der Waals surface area contributed by atoms with Gasteiger partial charge >= 0.3 is 11.9 Å². The van der Waals surface area contributed by atoms with E-state index in [1.165, 1.54) is 13.8 Å². The van der Waals surface area contributed by atoms with Crippen LogP contribution in [0.15, 0.2) is 10.2 Å². The summed E-state index contributed by atoms with van der Waals surface area (Å²) in [6.07, 6.45) is 0. The van der Waals surface area contributed by atoms with E-state index in [0.29, 0.717) is 0 Å². The summed E-state index contributed by atoms with van der Waals surface area (Å²) >= 11 is 0. The first-order valence-corrected chi connectivity index (χ1v) is 4.24. The minimum Gasteiger partial charge on any atom is -0.481 e. The zero-order valence-corrected chi connectivity index (χ0v) is 8.17. The fourth-order valence-electron chi connectivity index (χ4n) is 0.517. The Labute approximate surface area is 81.7 Å². The highest BCUT2D eigenvalue weighted by atomic mass is 16.4. The fraction of sp³-hybridized carbons (Fsp3) is 0.750. The molecule has 2 unspecified atom stereocenters. The van der Waals surface area contributed by atoms with Gasteiger partial charge in [0.15, 0.2) is 0 Å². The Morgan fingerprint density at radius 1 is 1.00 bits per heavy atom. The molecule has 0 bridgehead atoms. The molecule has 6 nitrogen and oxygen atoms in total. The third-order valence-corrected chi connectivity index (χ3v) is 1.65. The Hall–Kier alpha value is -1.46. The number of carboxylic acids is 2. The van der Waals surface area contributed by atoms with Crippen LogP contribution < -0.4 is 0 Å². The van der Waals surface area contributed by atoms with Gasteiger partial charge in [-0.2, -0.15) is 10.2 Å². The summed E-state index contributed by atoms with van der Waals surface area (Å²) in [4.78, 5) is 20.7. The molecule has 80 valence electrons. The van der Waals surface area contributed by atoms with Crippen molar-refractivity contribution in [1.82, 2.24) is 0 Å². The molecule has 0 aliphatic carbocycles. The zero-order valence-electron chi connectivity index (χ0n) is 8.17. The average Bonchev–Trinajstić information content (AvgIpc) is 2.11. The lowest BCUT2D eigenvalue weighted by atomic mass is 10.2. The van der Waals surface area contributed by atoms with Crippen LogP contribution in [0.4, 0.5) is 0 Å². The number of rotatable bonds is 6. The van der Waals surface area contributed by atoms with Gasteiger partial charge in [-0.3, -0.25) is 9.59 Å². The molecule has 2 atom stereocenters. The van der Waals surface area contributed by atoms with Crippen LogP contribution in [0.2, 0.25) is 0 Å². The van der Waals surface area contributed by atoms with E-state index in [1.54, 1.807) is 0 Å². The number of aliphatic carboxylic acids is 2. The second kappa shape index (κ2) is 6.06. The van der Waals surface area contributed by atoms with Crippen LogP contribution in [0.5, 0.6) is 0 Å². The van der Waals surface area contributed by atoms with E-state index in [0.717, 1.165) is 0 Å². The largest absolute Gasteiger partial charge is 0.481 e. The van der Waals surface area contributed by atoms with Gasteiger partial charge in [-0.25, -0.2) is 0 Å². The maximum atomic E-state index is 10.3. The van der Waals surface area contributed by atoms with Gasteiger partial charge < -0.3 is 10.2 Å². The maximum absolute atomic E-state index is 10.3. The lowest BCUT2D eigenvalue weighted by Gasteiger charge is -2.01. The molecule has 0 fully saturated rings. The number of hydrogen-bond donors (Lipinski definition) is 2. The van der Waals surface area contributed by atoms with E-state index >= 15 is 0 Å². The lowest BCUT2D eigenvalue weighted by molar-refractivity contribution is -0.141. The summed E-state index contributed by atoms with van der Waals surface area (Å²) in [5.41, 5.74) is 0. The molecule has 0 rings (SSSR count). The summed E-state index contributed by atoms with van der Waals surface area (Å²) in [5, 5.41) is 24.2. The topological polar surface area (TPSA) is 99.3 Å². The van der Waals surface area contributed by atoms with Gasteiger partial charge in [0.25, 0.3) is 0 Å². The van der Waals surface area contributed by atoms with Crippen molar-refractivity contribution in [2.75, 3.05) is 13.1 Å². The van der Waals surface area contributed by atoms with Gasteiger partial charge in [0.2, 0.25) is 0 Å². The molecule has 0 aromatic heterocycles. The lowest BCUT2D eigenvalue weighted by Crippen LogP contribution is -2.14. The van der Waals surface area contributed by atoms with E-state index in [4.69, 9.17) is 10.2 Å². The maximum Gasteiger partial charge on any atom is 0.308 e. The molecule has 0 amide bonds. The standard InChI is InChI=1S/C8H14N2O4/c1-5(7(11)12)3-9-10-4-6(2)8(13)14/h5-6H,3-4H2,1-2H3,(H,11,12)(H,13,14). The molecule has 0 heterocycles. The van der Waals surface area contributed by atoms with Crippen molar-refractivity contribution in [3.05, 3.63) is 0 Å². The molecule has 0 spiro atoms. The van der Waals surface area contributed by atoms with Crippen molar-refractivity contribution in [3.63, 3.8) is 0 Å². The van der Waals surface area contributed by atoms with Crippen LogP contribution in [-0.4, -0.2) is 35.2 Å². The minimum atomic E-state index is -0.935. The molecule has 0 saturated heterocycles. The fourth-order valence-corrected chi connectivity index (χ4v) is 0.517. The van der Waals surface area contributed by atoms with Crippen LogP contribution >= 0.6 is 0 Å². The number of nitrogens with zero attached hydrogens (tertiary/aromatic N) is 2. The monoisotopic (exact) mass is 202 g/mol. The van der Waals surface area contributed by atoms with Gasteiger partial charge in [0.05, 0.1) is 24.9 Å². The molecule has 0 radical (unpaired) electrons. The third kappa shape index (κ3) is 5.23. The third-order valence-electron chi connectivity index (χ3n) is 1.65. The van der Waals surface area contributed by atoms with E-state index in [-0.39, 0.29) is 13.1 Å². The molecule has 2 N–H and O–H groups in total. The Kier molecular flexibility index (Phi) is 5.43. The highest BCUT2D eigenvalue weighted by molar-refractivity contribution is 5.70. The molecule has 0 aliphatic heterocycles. The molecule has 0 saturated carbocycles. The Morgan fingerprint density at radius 3 is 1.50 bits per heavy atom. The molecule has 0 aromatic rings. The summed E-state index contributed by atoms with van der Waals surface area (Å²) < 4.78 is 0. The highest BCUT2D eigenvalue weighted by Gasteiger charge is 2.11. The number of hydrogen-bond acceptors (Lipinski definition) is 4. The number of carboxylic acid groups (broad SMARTS) is 2. The summed E-state index contributed by atoms with van der Waals surface area (Å²) in [6.45, 7) is 3.20. The van der Waals surface area contributed by atoms with Gasteiger partial charge in [0.1, 0.15) is 0 Å². The first-order chi connectivity index (χ1) is 6.45. The van der Waals surface area contributed by atoms with E-state index in [2.05, 4.69) is 10.2 Å². The summed E-state index contributed by atoms with van der Waals surface area (Å²) in [5.74, 6) is -3.04. The van der Waals surface area contributed by atoms with Crippen LogP contribution in [0.25, 0.3) is 0 Å². The summed E-state index contributed by atoms with van der Waals surface area (Å²) in [7, 11) is 0. The highest BCUT2D eigenvalue weighted by Crippen LogP contribution is 1.98. The first kappa shape index (κ1) is 12.5. The second-order valence-electron chi connectivity index (χ2n) is 3.13. The van der Waals surface area contributed by atoms with Crippen molar-refractivity contribution in [2.24, 2.45) is 22.1 Å². The predicted octanol–water partition coefficient (Wildman–Crippen LogP) is 0.880. The Morgan fingerprint density at radius 2 is 1.29 bits per heavy atom. The van der Waals surface area contributed by atoms with Crippen LogP contribution in [0.3, 0.4) is 0 Å². The van der Waals surface area contributed by atoms with Crippen LogP contribution in [-0.2, 0) is 9.59 Å². The first-order valence-electron chi connectivity index (χ1n) is 4.24. The molecular formula is C8H14N2O4. The van der Waals surface area contributed by atoms with E-state index in [9.17, 15) is 9.59 Å². The van der Waals surface area contributed by atoms with Gasteiger partial charge in [0, 0.05) is 0 Å². The van der Waals surface area contributed by atoms with Gasteiger partial charge in [-0.05, 0) is 0 Å². The Balaban J connectivity index is 3.74. The molecule has 0 aliphatic rings. The van der Waals surface area contributed by atoms with Crippen molar-refractivity contribution in [3.8, 4) is 0 Å². The van der Waals surface area contributed by atoms with Gasteiger partial charge in [-0.1, -0.05) is 13.8 Å². The second-order valence-corrected chi connectivity index (χ2v) is 3.13. The van der Waals surface area contributed by atoms with Crippen LogP contribution in [0.1, 0.15) is 13.8 Å². The SMILES string of the molecule is CC(CN=NCC(C)C(=O)O)C(=O)O. The van der Waals surface area contributed by atoms with Crippen molar-refractivity contribution in [1.29, 1.82) is 0 Å². The minimum absolute atomic E-state index is 0.0850. The summed E-state index contributed by atoms with van der Waals surface area (Å²) in [6, 6.07) is 0. The van der Waals surface area contributed by atoms with Crippen molar-refractivity contribution >= 4 is 11.9 Å². The molecular weight excluding hydrogens is 188 g/mol. The molecule has 14 heavy (non-hydrogen) atoms. The predicted molar refractivity (Wildman–Crippen MR) is 48.2 cm³/mol. The normalized spacial score (nSPS) is 15.3.